The molecule has 0 bridgehead atoms. The number of carbonyl (C=O) groups is 2. The first kappa shape index (κ1) is 28.2. The fourth-order valence-electron chi connectivity index (χ4n) is 3.37. The van der Waals surface area contributed by atoms with Gasteiger partial charge in [0.05, 0.1) is 0 Å². The van der Waals surface area contributed by atoms with Crippen molar-refractivity contribution in [2.75, 3.05) is 0 Å². The maximum atomic E-state index is 11.6. The Kier molecular flexibility index (Phi) is 13.1. The molecule has 0 atom stereocenters. The number of benzene rings is 4. The predicted octanol–water partition coefficient (Wildman–Crippen LogP) is 5.38. The van der Waals surface area contributed by atoms with E-state index in [-0.39, 0.29) is 11.9 Å². The zero-order chi connectivity index (χ0) is 26.0. The van der Waals surface area contributed by atoms with Crippen molar-refractivity contribution in [2.24, 2.45) is 0 Å². The molecule has 4 aromatic rings. The van der Waals surface area contributed by atoms with E-state index in [1.165, 1.54) is 7.16 Å². The van der Waals surface area contributed by atoms with Crippen molar-refractivity contribution >= 4 is 40.2 Å². The molecule has 188 valence electrons. The van der Waals surface area contributed by atoms with Gasteiger partial charge >= 0.3 is 101 Å². The molecule has 0 saturated heterocycles. The molecule has 0 heterocycles. The van der Waals surface area contributed by atoms with Crippen molar-refractivity contribution < 1.29 is 19.1 Å². The summed E-state index contributed by atoms with van der Waals surface area (Å²) in [5.74, 6) is -0.479. The summed E-state index contributed by atoms with van der Waals surface area (Å²) < 4.78 is 13.4. The van der Waals surface area contributed by atoms with Crippen LogP contribution in [0.4, 0.5) is 0 Å². The van der Waals surface area contributed by atoms with E-state index in [1.54, 1.807) is 0 Å². The summed E-state index contributed by atoms with van der Waals surface area (Å²) in [5.41, 5.74) is 1.94. The number of rotatable bonds is 11. The van der Waals surface area contributed by atoms with Crippen LogP contribution in [0, 0.1) is 0 Å². The Morgan fingerprint density at radius 2 is 0.811 bits per heavy atom. The van der Waals surface area contributed by atoms with E-state index < -0.39 is 21.1 Å². The zero-order valence-corrected chi connectivity index (χ0v) is 23.8. The standard InChI is InChI=1S/C20H22O4.2C6H5.Sn/c21-19(23-15-17-9-3-1-4-10-17)13-7-8-14-20(22)24-16-18-11-5-2-6-12-18;2*1-2-4-6-5-3-1;/h1-6,9-12H,7-8,13-16H2;2*1-5H;. The first-order chi connectivity index (χ1) is 18.2. The number of unbranched alkanes of at least 4 members (excludes halogenated alkanes) is 1. The molecule has 2 radical (unpaired) electrons. The third kappa shape index (κ3) is 12.4. The fourth-order valence-corrected chi connectivity index (χ4v) is 6.37. The molecule has 0 amide bonds. The van der Waals surface area contributed by atoms with E-state index in [0.717, 1.165) is 11.1 Å². The molecular weight excluding hydrogens is 567 g/mol. The average Bonchev–Trinajstić information content (AvgIpc) is 2.96. The van der Waals surface area contributed by atoms with Crippen LogP contribution < -0.4 is 7.16 Å². The summed E-state index contributed by atoms with van der Waals surface area (Å²) in [5, 5.41) is 0. The second-order valence-corrected chi connectivity index (χ2v) is 12.4. The summed E-state index contributed by atoms with van der Waals surface area (Å²) >= 11 is -0.517. The van der Waals surface area contributed by atoms with Gasteiger partial charge in [-0.05, 0) is 24.0 Å². The topological polar surface area (TPSA) is 52.6 Å². The van der Waals surface area contributed by atoms with Crippen molar-refractivity contribution in [3.8, 4) is 0 Å². The molecule has 5 heteroatoms. The summed E-state index contributed by atoms with van der Waals surface area (Å²) in [7, 11) is 0. The second-order valence-electron chi connectivity index (χ2n) is 8.36. The Hall–Kier alpha value is -3.38. The Morgan fingerprint density at radius 3 is 1.16 bits per heavy atom. The van der Waals surface area contributed by atoms with Gasteiger partial charge in [-0.15, -0.1) is 0 Å². The molecule has 0 fully saturated rings. The third-order valence-corrected chi connectivity index (χ3v) is 8.88. The Bertz CT molecular complexity index is 1070. The minimum absolute atomic E-state index is 0.239. The van der Waals surface area contributed by atoms with Crippen LogP contribution in [0.15, 0.2) is 121 Å². The molecule has 0 saturated carbocycles. The molecule has 4 aromatic carbocycles. The molecule has 0 unspecified atom stereocenters. The average molecular weight is 599 g/mol. The van der Waals surface area contributed by atoms with Crippen LogP contribution in [0.1, 0.15) is 36.8 Å². The van der Waals surface area contributed by atoms with E-state index in [4.69, 9.17) is 9.47 Å². The van der Waals surface area contributed by atoms with Gasteiger partial charge in [-0.1, -0.05) is 60.7 Å². The Labute approximate surface area is 229 Å². The van der Waals surface area contributed by atoms with Crippen molar-refractivity contribution in [3.05, 3.63) is 132 Å². The van der Waals surface area contributed by atoms with Gasteiger partial charge in [-0.25, -0.2) is 0 Å². The van der Waals surface area contributed by atoms with E-state index in [2.05, 4.69) is 60.7 Å². The van der Waals surface area contributed by atoms with Gasteiger partial charge in [0, 0.05) is 12.8 Å². The van der Waals surface area contributed by atoms with Crippen molar-refractivity contribution in [1.82, 2.24) is 0 Å². The van der Waals surface area contributed by atoms with Crippen molar-refractivity contribution in [2.45, 2.75) is 38.9 Å². The van der Waals surface area contributed by atoms with Gasteiger partial charge in [0.1, 0.15) is 13.2 Å². The van der Waals surface area contributed by atoms with Gasteiger partial charge in [0.25, 0.3) is 0 Å². The van der Waals surface area contributed by atoms with Gasteiger partial charge in [0.15, 0.2) is 0 Å². The normalized spacial score (nSPS) is 10.1. The molecule has 0 spiro atoms. The SMILES string of the molecule is O=C(CCCCC(=O)OCc1ccccc1)OCc1ccccc1.c1cc[c]([Sn][c]2ccccc2)cc1. The van der Waals surface area contributed by atoms with Crippen LogP contribution in [0.25, 0.3) is 0 Å². The van der Waals surface area contributed by atoms with E-state index in [0.29, 0.717) is 38.9 Å². The molecule has 0 aromatic heterocycles. The van der Waals surface area contributed by atoms with Gasteiger partial charge in [-0.3, -0.25) is 9.59 Å². The monoisotopic (exact) mass is 600 g/mol. The second kappa shape index (κ2) is 17.1. The number of esters is 2. The molecule has 4 nitrogen and oxygen atoms in total. The van der Waals surface area contributed by atoms with Crippen LogP contribution in [0.3, 0.4) is 0 Å². The molecule has 0 aliphatic heterocycles. The van der Waals surface area contributed by atoms with Gasteiger partial charge < -0.3 is 9.47 Å². The molecular formula is C32H32O4Sn. The van der Waals surface area contributed by atoms with Crippen LogP contribution in [-0.4, -0.2) is 33.1 Å². The molecule has 0 aliphatic rings. The molecule has 0 N–H and O–H groups in total. The minimum atomic E-state index is -0.517. The van der Waals surface area contributed by atoms with Crippen molar-refractivity contribution in [3.63, 3.8) is 0 Å². The van der Waals surface area contributed by atoms with Crippen LogP contribution in [0.2, 0.25) is 0 Å². The summed E-state index contributed by atoms with van der Waals surface area (Å²) in [6.45, 7) is 0.581. The molecule has 37 heavy (non-hydrogen) atoms. The van der Waals surface area contributed by atoms with E-state index in [1.807, 2.05) is 60.7 Å². The maximum absolute atomic E-state index is 11.6. The number of ether oxygens (including phenoxy) is 2. The van der Waals surface area contributed by atoms with Crippen LogP contribution in [0.5, 0.6) is 0 Å². The Balaban J connectivity index is 0.000000244. The Morgan fingerprint density at radius 1 is 0.486 bits per heavy atom. The summed E-state index contributed by atoms with van der Waals surface area (Å²) in [6.07, 6.45) is 1.87. The molecule has 4 rings (SSSR count). The summed E-state index contributed by atoms with van der Waals surface area (Å²) in [4.78, 5) is 23.3. The first-order valence-corrected chi connectivity index (χ1v) is 15.3. The fraction of sp³-hybridized carbons (Fsp3) is 0.188. The van der Waals surface area contributed by atoms with Gasteiger partial charge in [0.2, 0.25) is 0 Å². The molecule has 0 aliphatic carbocycles. The quantitative estimate of drug-likeness (QED) is 0.132. The predicted molar refractivity (Wildman–Crippen MR) is 149 cm³/mol. The number of carbonyl (C=O) groups excluding carboxylic acids is 2. The first-order valence-electron chi connectivity index (χ1n) is 12.5. The number of hydrogen-bond acceptors (Lipinski definition) is 4. The summed E-state index contributed by atoms with van der Waals surface area (Å²) in [6, 6.07) is 40.7. The third-order valence-electron chi connectivity index (χ3n) is 5.33. The van der Waals surface area contributed by atoms with Crippen LogP contribution in [-0.2, 0) is 32.3 Å². The zero-order valence-electron chi connectivity index (χ0n) is 20.9. The van der Waals surface area contributed by atoms with E-state index in [9.17, 15) is 9.59 Å². The van der Waals surface area contributed by atoms with E-state index >= 15 is 0 Å². The van der Waals surface area contributed by atoms with Crippen LogP contribution >= 0.6 is 0 Å². The van der Waals surface area contributed by atoms with Crippen molar-refractivity contribution in [1.29, 1.82) is 0 Å². The van der Waals surface area contributed by atoms with Gasteiger partial charge in [-0.2, -0.15) is 0 Å². The number of hydrogen-bond donors (Lipinski definition) is 0.